The Morgan fingerprint density at radius 3 is 1.24 bits per heavy atom. The number of rotatable bonds is 8. The Morgan fingerprint density at radius 1 is 0.810 bits per heavy atom. The van der Waals surface area contributed by atoms with Gasteiger partial charge in [0.25, 0.3) is 0 Å². The fraction of sp³-hybridized carbons (Fsp3) is 1.00. The summed E-state index contributed by atoms with van der Waals surface area (Å²) in [5.41, 5.74) is 0. The third-order valence-electron chi connectivity index (χ3n) is 2.10. The van der Waals surface area contributed by atoms with Crippen molar-refractivity contribution in [1.29, 1.82) is 0 Å². The quantitative estimate of drug-likeness (QED) is 0.534. The Kier molecular flexibility index (Phi) is 5.85. The molecule has 0 bridgehead atoms. The SMILES string of the molecule is CC(F)(F)C(F)(F)COP(=O)(O)OCC(F)(F)C(C)(F)F. The van der Waals surface area contributed by atoms with E-state index in [4.69, 9.17) is 4.89 Å². The normalized spacial score (nSPS) is 15.4. The summed E-state index contributed by atoms with van der Waals surface area (Å²) in [5, 5.41) is 0. The molecule has 0 rings (SSSR count). The number of halogens is 8. The molecule has 0 aromatic heterocycles. The van der Waals surface area contributed by atoms with Gasteiger partial charge in [-0.1, -0.05) is 0 Å². The minimum absolute atomic E-state index is 0.217. The number of phosphoric acid groups is 1. The van der Waals surface area contributed by atoms with Crippen LogP contribution in [0.15, 0.2) is 0 Å². The molecule has 0 amide bonds. The zero-order valence-corrected chi connectivity index (χ0v) is 11.5. The standard InChI is InChI=1S/C8H11F8O4P/c1-5(9,10)7(13,14)3-19-21(17,18)20-4-8(15,16)6(2,11)12/h3-4H2,1-2H3,(H,17,18). The van der Waals surface area contributed by atoms with Gasteiger partial charge in [0.1, 0.15) is 13.2 Å². The van der Waals surface area contributed by atoms with E-state index >= 15 is 0 Å². The van der Waals surface area contributed by atoms with Gasteiger partial charge >= 0.3 is 31.5 Å². The molecule has 0 aliphatic rings. The van der Waals surface area contributed by atoms with E-state index in [-0.39, 0.29) is 13.8 Å². The topological polar surface area (TPSA) is 55.8 Å². The highest BCUT2D eigenvalue weighted by Gasteiger charge is 2.55. The predicted molar refractivity (Wildman–Crippen MR) is 52.9 cm³/mol. The van der Waals surface area contributed by atoms with Gasteiger partial charge in [-0.05, 0) is 0 Å². The maximum Gasteiger partial charge on any atom is 0.472 e. The molecular weight excluding hydrogens is 343 g/mol. The number of alkyl halides is 8. The second-order valence-corrected chi connectivity index (χ2v) is 5.65. The van der Waals surface area contributed by atoms with Crippen LogP contribution in [0.5, 0.6) is 0 Å². The third kappa shape index (κ3) is 6.05. The van der Waals surface area contributed by atoms with E-state index in [0.717, 1.165) is 0 Å². The van der Waals surface area contributed by atoms with E-state index in [0.29, 0.717) is 0 Å². The fourth-order valence-electron chi connectivity index (χ4n) is 0.616. The van der Waals surface area contributed by atoms with Crippen LogP contribution in [-0.4, -0.2) is 41.8 Å². The van der Waals surface area contributed by atoms with Gasteiger partial charge < -0.3 is 4.89 Å². The second-order valence-electron chi connectivity index (χ2n) is 4.20. The van der Waals surface area contributed by atoms with Crippen molar-refractivity contribution in [2.75, 3.05) is 13.2 Å². The number of hydrogen-bond acceptors (Lipinski definition) is 3. The van der Waals surface area contributed by atoms with E-state index in [9.17, 15) is 39.7 Å². The molecule has 13 heteroatoms. The maximum atomic E-state index is 12.7. The lowest BCUT2D eigenvalue weighted by Crippen LogP contribution is -2.42. The first-order chi connectivity index (χ1) is 8.91. The van der Waals surface area contributed by atoms with Crippen LogP contribution in [-0.2, 0) is 13.6 Å². The van der Waals surface area contributed by atoms with Crippen molar-refractivity contribution in [2.45, 2.75) is 37.5 Å². The molecule has 21 heavy (non-hydrogen) atoms. The van der Waals surface area contributed by atoms with Gasteiger partial charge in [-0.15, -0.1) is 0 Å². The molecule has 0 aliphatic heterocycles. The average Bonchev–Trinajstić information content (AvgIpc) is 2.21. The van der Waals surface area contributed by atoms with Crippen LogP contribution in [0.4, 0.5) is 35.1 Å². The molecule has 0 heterocycles. The van der Waals surface area contributed by atoms with Crippen LogP contribution >= 0.6 is 7.82 Å². The molecule has 0 spiro atoms. The van der Waals surface area contributed by atoms with Crippen molar-refractivity contribution in [1.82, 2.24) is 0 Å². The van der Waals surface area contributed by atoms with Crippen molar-refractivity contribution in [3.8, 4) is 0 Å². The molecule has 0 saturated heterocycles. The first-order valence-corrected chi connectivity index (χ1v) is 6.54. The number of hydrogen-bond donors (Lipinski definition) is 1. The van der Waals surface area contributed by atoms with Gasteiger partial charge in [0.15, 0.2) is 0 Å². The fourth-order valence-corrected chi connectivity index (χ4v) is 1.34. The molecule has 4 nitrogen and oxygen atoms in total. The van der Waals surface area contributed by atoms with E-state index in [1.54, 1.807) is 0 Å². The largest absolute Gasteiger partial charge is 0.472 e. The van der Waals surface area contributed by atoms with E-state index < -0.39 is 44.7 Å². The summed E-state index contributed by atoms with van der Waals surface area (Å²) in [6.07, 6.45) is 0. The van der Waals surface area contributed by atoms with Gasteiger partial charge in [0, 0.05) is 13.8 Å². The highest BCUT2D eigenvalue weighted by atomic mass is 31.2. The molecule has 0 atom stereocenters. The first kappa shape index (κ1) is 20.6. The second kappa shape index (κ2) is 5.98. The van der Waals surface area contributed by atoms with Crippen molar-refractivity contribution in [3.05, 3.63) is 0 Å². The Bertz CT molecular complexity index is 368. The maximum absolute atomic E-state index is 12.7. The highest BCUT2D eigenvalue weighted by Crippen LogP contribution is 2.48. The van der Waals surface area contributed by atoms with Gasteiger partial charge in [0.05, 0.1) is 0 Å². The predicted octanol–water partition coefficient (Wildman–Crippen LogP) is 3.70. The molecule has 0 saturated carbocycles. The van der Waals surface area contributed by atoms with Crippen LogP contribution in [0.3, 0.4) is 0 Å². The van der Waals surface area contributed by atoms with Crippen molar-refractivity contribution >= 4 is 7.82 Å². The Labute approximate surface area is 113 Å². The third-order valence-corrected chi connectivity index (χ3v) is 3.01. The molecule has 0 aromatic rings. The van der Waals surface area contributed by atoms with Crippen LogP contribution in [0.1, 0.15) is 13.8 Å². The summed E-state index contributed by atoms with van der Waals surface area (Å²) in [6.45, 7) is -5.10. The van der Waals surface area contributed by atoms with Gasteiger partial charge in [-0.3, -0.25) is 9.05 Å². The van der Waals surface area contributed by atoms with Crippen molar-refractivity contribution in [2.24, 2.45) is 0 Å². The summed E-state index contributed by atoms with van der Waals surface area (Å²) >= 11 is 0. The molecule has 0 fully saturated rings. The number of phosphoric ester groups is 1. The Morgan fingerprint density at radius 2 is 1.05 bits per heavy atom. The van der Waals surface area contributed by atoms with Crippen molar-refractivity contribution < 1.29 is 53.6 Å². The van der Waals surface area contributed by atoms with Gasteiger partial charge in [-0.2, -0.15) is 17.6 Å². The molecule has 128 valence electrons. The monoisotopic (exact) mass is 354 g/mol. The van der Waals surface area contributed by atoms with Crippen molar-refractivity contribution in [3.63, 3.8) is 0 Å². The Balaban J connectivity index is 4.65. The lowest BCUT2D eigenvalue weighted by molar-refractivity contribution is -0.220. The average molecular weight is 354 g/mol. The minimum Gasteiger partial charge on any atom is -0.302 e. The minimum atomic E-state index is -5.65. The summed E-state index contributed by atoms with van der Waals surface area (Å²) in [7, 11) is -5.65. The first-order valence-electron chi connectivity index (χ1n) is 5.04. The molecule has 0 radical (unpaired) electrons. The summed E-state index contributed by atoms with van der Waals surface area (Å²) < 4.78 is 118. The summed E-state index contributed by atoms with van der Waals surface area (Å²) in [4.78, 5) is 8.73. The lowest BCUT2D eigenvalue weighted by Gasteiger charge is -2.25. The van der Waals surface area contributed by atoms with Crippen LogP contribution < -0.4 is 0 Å². The van der Waals surface area contributed by atoms with Crippen LogP contribution in [0.25, 0.3) is 0 Å². The molecule has 0 aromatic carbocycles. The summed E-state index contributed by atoms with van der Waals surface area (Å²) in [6, 6.07) is 0. The van der Waals surface area contributed by atoms with E-state index in [2.05, 4.69) is 9.05 Å². The van der Waals surface area contributed by atoms with Crippen LogP contribution in [0.2, 0.25) is 0 Å². The lowest BCUT2D eigenvalue weighted by atomic mass is 10.2. The van der Waals surface area contributed by atoms with E-state index in [1.807, 2.05) is 0 Å². The highest BCUT2D eigenvalue weighted by molar-refractivity contribution is 7.47. The van der Waals surface area contributed by atoms with Gasteiger partial charge in [0.2, 0.25) is 0 Å². The van der Waals surface area contributed by atoms with Gasteiger partial charge in [-0.25, -0.2) is 22.1 Å². The molecular formula is C8H11F8O4P. The van der Waals surface area contributed by atoms with E-state index in [1.165, 1.54) is 0 Å². The molecule has 0 aliphatic carbocycles. The summed E-state index contributed by atoms with van der Waals surface area (Å²) in [5.74, 6) is -19.1. The zero-order valence-electron chi connectivity index (χ0n) is 10.6. The van der Waals surface area contributed by atoms with Crippen LogP contribution in [0, 0.1) is 0 Å². The smallest absolute Gasteiger partial charge is 0.302 e. The Hall–Kier alpha value is -0.450. The molecule has 0 unspecified atom stereocenters. The molecule has 1 N–H and O–H groups in total. The zero-order chi connectivity index (χ0) is 17.3.